The summed E-state index contributed by atoms with van der Waals surface area (Å²) in [7, 11) is 0. The van der Waals surface area contributed by atoms with E-state index in [4.69, 9.17) is 4.42 Å². The van der Waals surface area contributed by atoms with Crippen molar-refractivity contribution >= 4 is 21.9 Å². The predicted octanol–water partition coefficient (Wildman–Crippen LogP) is 6.46. The third-order valence-corrected chi connectivity index (χ3v) is 4.46. The molecule has 1 heteroatoms. The summed E-state index contributed by atoms with van der Waals surface area (Å²) >= 11 is 0. The fourth-order valence-corrected chi connectivity index (χ4v) is 3.63. The SMILES string of the molecule is Cc1cc(C)c(-c2c3ccccc3[o+]c3ccccc23)c(C)c1. The summed E-state index contributed by atoms with van der Waals surface area (Å²) in [6.07, 6.45) is 0. The second-order valence-corrected chi connectivity index (χ2v) is 6.24. The van der Waals surface area contributed by atoms with Crippen molar-refractivity contribution in [2.45, 2.75) is 20.8 Å². The molecule has 0 N–H and O–H groups in total. The Balaban J connectivity index is 2.25. The molecule has 4 aromatic rings. The van der Waals surface area contributed by atoms with E-state index < -0.39 is 0 Å². The van der Waals surface area contributed by atoms with Crippen molar-refractivity contribution in [1.82, 2.24) is 0 Å². The van der Waals surface area contributed by atoms with Crippen LogP contribution in [0.5, 0.6) is 0 Å². The lowest BCUT2D eigenvalue weighted by Gasteiger charge is -2.13. The Morgan fingerprint density at radius 2 is 1.09 bits per heavy atom. The Morgan fingerprint density at radius 1 is 0.609 bits per heavy atom. The van der Waals surface area contributed by atoms with Crippen molar-refractivity contribution < 1.29 is 4.42 Å². The third-order valence-electron chi connectivity index (χ3n) is 4.46. The van der Waals surface area contributed by atoms with Gasteiger partial charge in [0.2, 0.25) is 0 Å². The number of hydrogen-bond donors (Lipinski definition) is 0. The van der Waals surface area contributed by atoms with E-state index in [1.54, 1.807) is 0 Å². The number of benzene rings is 3. The minimum absolute atomic E-state index is 0.931. The third kappa shape index (κ3) is 2.20. The quantitative estimate of drug-likeness (QED) is 0.290. The van der Waals surface area contributed by atoms with Gasteiger partial charge in [-0.1, -0.05) is 42.0 Å². The Labute approximate surface area is 136 Å². The largest absolute Gasteiger partial charge is 0.361 e. The molecule has 0 saturated heterocycles. The molecule has 3 aromatic carbocycles. The first-order valence-corrected chi connectivity index (χ1v) is 7.97. The molecule has 112 valence electrons. The molecule has 0 radical (unpaired) electrons. The van der Waals surface area contributed by atoms with Gasteiger partial charge in [0.05, 0.1) is 10.8 Å². The van der Waals surface area contributed by atoms with Crippen LogP contribution in [0, 0.1) is 20.8 Å². The maximum Gasteiger partial charge on any atom is 0.361 e. The minimum Gasteiger partial charge on any atom is -0.207 e. The summed E-state index contributed by atoms with van der Waals surface area (Å²) in [5, 5.41) is 2.34. The monoisotopic (exact) mass is 299 g/mol. The van der Waals surface area contributed by atoms with Gasteiger partial charge in [0, 0.05) is 17.7 Å². The van der Waals surface area contributed by atoms with Crippen molar-refractivity contribution in [3.63, 3.8) is 0 Å². The van der Waals surface area contributed by atoms with Gasteiger partial charge in [0.15, 0.2) is 0 Å². The van der Waals surface area contributed by atoms with E-state index in [1.165, 1.54) is 38.6 Å². The van der Waals surface area contributed by atoms with Gasteiger partial charge >= 0.3 is 11.2 Å². The zero-order chi connectivity index (χ0) is 16.0. The standard InChI is InChI=1S/C22H19O/c1-14-12-15(2)21(16(3)13-14)22-17-8-4-6-10-19(17)23-20-11-7-5-9-18(20)22/h4-13H,1-3H3/q+1. The molecular weight excluding hydrogens is 280 g/mol. The smallest absolute Gasteiger partial charge is 0.207 e. The first kappa shape index (κ1) is 14.0. The fraction of sp³-hybridized carbons (Fsp3) is 0.136. The van der Waals surface area contributed by atoms with E-state index in [2.05, 4.69) is 57.2 Å². The van der Waals surface area contributed by atoms with Crippen LogP contribution in [0.25, 0.3) is 33.1 Å². The lowest BCUT2D eigenvalue weighted by Crippen LogP contribution is -1.93. The van der Waals surface area contributed by atoms with Gasteiger partial charge in [-0.05, 0) is 49.6 Å². The van der Waals surface area contributed by atoms with Crippen LogP contribution in [0.15, 0.2) is 65.1 Å². The van der Waals surface area contributed by atoms with Crippen LogP contribution in [0.4, 0.5) is 0 Å². The topological polar surface area (TPSA) is 11.3 Å². The van der Waals surface area contributed by atoms with E-state index in [9.17, 15) is 0 Å². The maximum atomic E-state index is 6.11. The van der Waals surface area contributed by atoms with Crippen LogP contribution in [-0.2, 0) is 0 Å². The molecule has 4 rings (SSSR count). The number of hydrogen-bond acceptors (Lipinski definition) is 0. The van der Waals surface area contributed by atoms with Gasteiger partial charge in [-0.2, -0.15) is 0 Å². The molecule has 0 aliphatic heterocycles. The Kier molecular flexibility index (Phi) is 3.16. The van der Waals surface area contributed by atoms with Gasteiger partial charge in [-0.3, -0.25) is 0 Å². The zero-order valence-electron chi connectivity index (χ0n) is 13.7. The first-order valence-electron chi connectivity index (χ1n) is 7.97. The normalized spacial score (nSPS) is 11.3. The van der Waals surface area contributed by atoms with Gasteiger partial charge in [-0.25, -0.2) is 4.42 Å². The summed E-state index contributed by atoms with van der Waals surface area (Å²) < 4.78 is 6.11. The predicted molar refractivity (Wildman–Crippen MR) is 97.8 cm³/mol. The van der Waals surface area contributed by atoms with Gasteiger partial charge in [-0.15, -0.1) is 0 Å². The molecule has 0 amide bonds. The summed E-state index contributed by atoms with van der Waals surface area (Å²) in [6.45, 7) is 6.55. The molecular formula is C22H19O+. The van der Waals surface area contributed by atoms with Crippen LogP contribution in [0.2, 0.25) is 0 Å². The van der Waals surface area contributed by atoms with E-state index in [1.807, 2.05) is 24.3 Å². The summed E-state index contributed by atoms with van der Waals surface area (Å²) in [5.74, 6) is 0. The molecule has 0 aliphatic carbocycles. The van der Waals surface area contributed by atoms with E-state index in [-0.39, 0.29) is 0 Å². The second kappa shape index (κ2) is 5.20. The van der Waals surface area contributed by atoms with E-state index in [0.29, 0.717) is 0 Å². The maximum absolute atomic E-state index is 6.11. The van der Waals surface area contributed by atoms with Crippen LogP contribution in [0.1, 0.15) is 16.7 Å². The lowest BCUT2D eigenvalue weighted by atomic mass is 9.89. The van der Waals surface area contributed by atoms with Crippen molar-refractivity contribution in [2.24, 2.45) is 0 Å². The molecule has 0 atom stereocenters. The molecule has 0 saturated carbocycles. The average Bonchev–Trinajstić information content (AvgIpc) is 2.53. The Morgan fingerprint density at radius 3 is 1.61 bits per heavy atom. The Hall–Kier alpha value is -2.67. The van der Waals surface area contributed by atoms with Crippen molar-refractivity contribution in [2.75, 3.05) is 0 Å². The van der Waals surface area contributed by atoms with E-state index >= 15 is 0 Å². The number of rotatable bonds is 1. The van der Waals surface area contributed by atoms with Gasteiger partial charge in [0.25, 0.3) is 0 Å². The van der Waals surface area contributed by atoms with Gasteiger partial charge in [0.1, 0.15) is 0 Å². The molecule has 0 spiro atoms. The molecule has 1 nitrogen and oxygen atoms in total. The minimum atomic E-state index is 0.931. The average molecular weight is 299 g/mol. The number of fused-ring (bicyclic) bond motifs is 2. The highest BCUT2D eigenvalue weighted by Crippen LogP contribution is 2.39. The van der Waals surface area contributed by atoms with Crippen LogP contribution in [-0.4, -0.2) is 0 Å². The summed E-state index contributed by atoms with van der Waals surface area (Å²) in [6, 6.07) is 21.1. The first-order chi connectivity index (χ1) is 11.1. The number of para-hydroxylation sites is 2. The Bertz CT molecular complexity index is 967. The van der Waals surface area contributed by atoms with E-state index in [0.717, 1.165) is 11.2 Å². The van der Waals surface area contributed by atoms with Crippen LogP contribution < -0.4 is 0 Å². The summed E-state index contributed by atoms with van der Waals surface area (Å²) in [4.78, 5) is 0. The highest BCUT2D eigenvalue weighted by Gasteiger charge is 2.21. The zero-order valence-corrected chi connectivity index (χ0v) is 13.7. The van der Waals surface area contributed by atoms with Crippen LogP contribution >= 0.6 is 0 Å². The molecule has 0 aliphatic rings. The molecule has 1 heterocycles. The molecule has 23 heavy (non-hydrogen) atoms. The fourth-order valence-electron chi connectivity index (χ4n) is 3.63. The molecule has 0 bridgehead atoms. The lowest BCUT2D eigenvalue weighted by molar-refractivity contribution is 0.661. The molecule has 0 unspecified atom stereocenters. The molecule has 0 fully saturated rings. The highest BCUT2D eigenvalue weighted by molar-refractivity contribution is 6.09. The van der Waals surface area contributed by atoms with Crippen molar-refractivity contribution in [3.05, 3.63) is 77.4 Å². The van der Waals surface area contributed by atoms with Crippen molar-refractivity contribution in [1.29, 1.82) is 0 Å². The highest BCUT2D eigenvalue weighted by atomic mass is 16.3. The van der Waals surface area contributed by atoms with Crippen molar-refractivity contribution in [3.8, 4) is 11.1 Å². The second-order valence-electron chi connectivity index (χ2n) is 6.24. The number of aryl methyl sites for hydroxylation is 3. The summed E-state index contributed by atoms with van der Waals surface area (Å²) in [5.41, 5.74) is 8.38. The van der Waals surface area contributed by atoms with Gasteiger partial charge < -0.3 is 0 Å². The molecule has 1 aromatic heterocycles. The van der Waals surface area contributed by atoms with Crippen LogP contribution in [0.3, 0.4) is 0 Å².